The summed E-state index contributed by atoms with van der Waals surface area (Å²) in [5.74, 6) is 0. The van der Waals surface area contributed by atoms with Crippen molar-refractivity contribution >= 4 is 21.8 Å². The molecule has 0 aliphatic rings. The van der Waals surface area contributed by atoms with Crippen LogP contribution in [0.4, 0.5) is 0 Å². The van der Waals surface area contributed by atoms with E-state index in [0.29, 0.717) is 0 Å². The fourth-order valence-electron chi connectivity index (χ4n) is 4.70. The molecule has 0 amide bonds. The third kappa shape index (κ3) is 3.29. The highest BCUT2D eigenvalue weighted by Crippen LogP contribution is 2.32. The number of rotatable bonds is 4. The number of hydrogen-bond donors (Lipinski definition) is 0. The Morgan fingerprint density at radius 3 is 1.72 bits per heavy atom. The summed E-state index contributed by atoms with van der Waals surface area (Å²) in [6, 6.07) is 45.8. The summed E-state index contributed by atoms with van der Waals surface area (Å²) in [6.07, 6.45) is 0.952. The average Bonchev–Trinajstić information content (AvgIpc) is 3.20. The summed E-state index contributed by atoms with van der Waals surface area (Å²) < 4.78 is 2.36. The minimum Gasteiger partial charge on any atom is -0.309 e. The van der Waals surface area contributed by atoms with Crippen LogP contribution in [0.15, 0.2) is 127 Å². The number of para-hydroxylation sites is 2. The van der Waals surface area contributed by atoms with Crippen LogP contribution in [0.3, 0.4) is 0 Å². The Balaban J connectivity index is 1.38. The van der Waals surface area contributed by atoms with Gasteiger partial charge in [-0.2, -0.15) is 0 Å². The first-order valence-electron chi connectivity index (χ1n) is 11.1. The maximum Gasteiger partial charge on any atom is 0.0541 e. The van der Waals surface area contributed by atoms with Crippen molar-refractivity contribution in [2.45, 2.75) is 6.42 Å². The van der Waals surface area contributed by atoms with E-state index < -0.39 is 0 Å². The monoisotopic (exact) mass is 409 g/mol. The molecule has 32 heavy (non-hydrogen) atoms. The Morgan fingerprint density at radius 1 is 0.438 bits per heavy atom. The van der Waals surface area contributed by atoms with Gasteiger partial charge in [0.05, 0.1) is 11.0 Å². The Bertz CT molecular complexity index is 1470. The summed E-state index contributed by atoms with van der Waals surface area (Å²) in [6.45, 7) is 0. The molecule has 0 aliphatic heterocycles. The van der Waals surface area contributed by atoms with Crippen molar-refractivity contribution in [2.75, 3.05) is 0 Å². The molecule has 1 nitrogen and oxygen atoms in total. The van der Waals surface area contributed by atoms with Crippen LogP contribution in [0.25, 0.3) is 38.6 Å². The van der Waals surface area contributed by atoms with Gasteiger partial charge in [-0.15, -0.1) is 0 Å². The second-order valence-electron chi connectivity index (χ2n) is 8.28. The normalized spacial score (nSPS) is 11.2. The number of fused-ring (bicyclic) bond motifs is 3. The van der Waals surface area contributed by atoms with Crippen molar-refractivity contribution in [3.63, 3.8) is 0 Å². The van der Waals surface area contributed by atoms with Crippen LogP contribution in [0, 0.1) is 0 Å². The first-order valence-corrected chi connectivity index (χ1v) is 11.1. The Labute approximate surface area is 188 Å². The molecule has 0 N–H and O–H groups in total. The molecule has 6 aromatic rings. The highest BCUT2D eigenvalue weighted by molar-refractivity contribution is 6.09. The fourth-order valence-corrected chi connectivity index (χ4v) is 4.70. The summed E-state index contributed by atoms with van der Waals surface area (Å²) in [7, 11) is 0. The predicted molar refractivity (Wildman–Crippen MR) is 135 cm³/mol. The third-order valence-corrected chi connectivity index (χ3v) is 6.22. The lowest BCUT2D eigenvalue weighted by Crippen LogP contribution is -1.93. The van der Waals surface area contributed by atoms with E-state index in [0.717, 1.165) is 6.42 Å². The van der Waals surface area contributed by atoms with Gasteiger partial charge >= 0.3 is 0 Å². The summed E-state index contributed by atoms with van der Waals surface area (Å²) in [4.78, 5) is 0. The maximum absolute atomic E-state index is 2.36. The van der Waals surface area contributed by atoms with E-state index >= 15 is 0 Å². The van der Waals surface area contributed by atoms with Crippen molar-refractivity contribution in [1.29, 1.82) is 0 Å². The number of hydrogen-bond acceptors (Lipinski definition) is 0. The molecule has 5 aromatic carbocycles. The number of nitrogens with zero attached hydrogens (tertiary/aromatic N) is 1. The van der Waals surface area contributed by atoms with Gasteiger partial charge in [0.15, 0.2) is 0 Å². The first-order chi connectivity index (χ1) is 15.9. The highest BCUT2D eigenvalue weighted by Gasteiger charge is 2.11. The van der Waals surface area contributed by atoms with E-state index in [1.165, 1.54) is 49.7 Å². The van der Waals surface area contributed by atoms with Gasteiger partial charge in [-0.25, -0.2) is 0 Å². The Morgan fingerprint density at radius 2 is 1.03 bits per heavy atom. The van der Waals surface area contributed by atoms with Crippen LogP contribution in [0.5, 0.6) is 0 Å². The average molecular weight is 410 g/mol. The van der Waals surface area contributed by atoms with Crippen molar-refractivity contribution in [3.8, 4) is 16.8 Å². The fraction of sp³-hybridized carbons (Fsp3) is 0.0323. The molecular formula is C31H23N. The van der Waals surface area contributed by atoms with Gasteiger partial charge in [-0.05, 0) is 52.9 Å². The molecular weight excluding hydrogens is 386 g/mol. The zero-order valence-corrected chi connectivity index (χ0v) is 17.8. The van der Waals surface area contributed by atoms with Gasteiger partial charge in [-0.3, -0.25) is 0 Å². The summed E-state index contributed by atoms with van der Waals surface area (Å²) in [5.41, 5.74) is 8.84. The van der Waals surface area contributed by atoms with Gasteiger partial charge in [0.25, 0.3) is 0 Å². The minimum atomic E-state index is 0.952. The Hall–Kier alpha value is -4.10. The second kappa shape index (κ2) is 7.86. The van der Waals surface area contributed by atoms with Crippen molar-refractivity contribution in [1.82, 2.24) is 4.57 Å². The van der Waals surface area contributed by atoms with E-state index in [4.69, 9.17) is 0 Å². The highest BCUT2D eigenvalue weighted by atomic mass is 15.0. The lowest BCUT2D eigenvalue weighted by Gasteiger charge is -2.10. The molecule has 0 saturated heterocycles. The van der Waals surface area contributed by atoms with Crippen LogP contribution >= 0.6 is 0 Å². The van der Waals surface area contributed by atoms with Gasteiger partial charge in [-0.1, -0.05) is 103 Å². The first kappa shape index (κ1) is 18.7. The van der Waals surface area contributed by atoms with Crippen LogP contribution in [-0.2, 0) is 6.42 Å². The van der Waals surface area contributed by atoms with Crippen LogP contribution < -0.4 is 0 Å². The van der Waals surface area contributed by atoms with Crippen LogP contribution in [0.1, 0.15) is 11.1 Å². The lowest BCUT2D eigenvalue weighted by atomic mass is 9.99. The molecule has 0 aliphatic carbocycles. The summed E-state index contributed by atoms with van der Waals surface area (Å²) >= 11 is 0. The van der Waals surface area contributed by atoms with E-state index in [-0.39, 0.29) is 0 Å². The SMILES string of the molecule is c1ccc(Cc2cccc(-c3ccc(-n4c5ccccc5c5ccccc54)cc3)c2)cc1. The van der Waals surface area contributed by atoms with E-state index in [1.807, 2.05) is 0 Å². The van der Waals surface area contributed by atoms with Gasteiger partial charge in [0, 0.05) is 16.5 Å². The molecule has 0 unspecified atom stereocenters. The molecule has 0 radical (unpaired) electrons. The quantitative estimate of drug-likeness (QED) is 0.278. The largest absolute Gasteiger partial charge is 0.309 e. The van der Waals surface area contributed by atoms with Crippen molar-refractivity contribution in [3.05, 3.63) is 139 Å². The smallest absolute Gasteiger partial charge is 0.0541 e. The zero-order chi connectivity index (χ0) is 21.3. The third-order valence-electron chi connectivity index (χ3n) is 6.22. The molecule has 1 heterocycles. The molecule has 1 aromatic heterocycles. The summed E-state index contributed by atoms with van der Waals surface area (Å²) in [5, 5.41) is 2.58. The molecule has 0 saturated carbocycles. The van der Waals surface area contributed by atoms with Crippen molar-refractivity contribution in [2.24, 2.45) is 0 Å². The minimum absolute atomic E-state index is 0.952. The molecule has 0 bridgehead atoms. The lowest BCUT2D eigenvalue weighted by molar-refractivity contribution is 1.18. The van der Waals surface area contributed by atoms with Gasteiger partial charge < -0.3 is 4.57 Å². The number of benzene rings is 5. The number of aromatic nitrogens is 1. The van der Waals surface area contributed by atoms with Crippen LogP contribution in [0.2, 0.25) is 0 Å². The molecule has 1 heteroatoms. The molecule has 6 rings (SSSR count). The molecule has 0 spiro atoms. The van der Waals surface area contributed by atoms with Crippen molar-refractivity contribution < 1.29 is 0 Å². The second-order valence-corrected chi connectivity index (χ2v) is 8.28. The standard InChI is InChI=1S/C31H23N/c1-2-9-23(10-3-1)21-24-11-8-12-26(22-24)25-17-19-27(20-18-25)32-30-15-6-4-13-28(30)29-14-5-7-16-31(29)32/h1-20,22H,21H2. The molecule has 0 atom stereocenters. The maximum atomic E-state index is 2.36. The van der Waals surface area contributed by atoms with Gasteiger partial charge in [0.2, 0.25) is 0 Å². The topological polar surface area (TPSA) is 4.93 Å². The Kier molecular flexibility index (Phi) is 4.58. The molecule has 152 valence electrons. The van der Waals surface area contributed by atoms with E-state index in [9.17, 15) is 0 Å². The van der Waals surface area contributed by atoms with E-state index in [1.54, 1.807) is 0 Å². The molecule has 0 fully saturated rings. The van der Waals surface area contributed by atoms with Gasteiger partial charge in [0.1, 0.15) is 0 Å². The van der Waals surface area contributed by atoms with Crippen LogP contribution in [-0.4, -0.2) is 4.57 Å². The zero-order valence-electron chi connectivity index (χ0n) is 17.8. The predicted octanol–water partition coefficient (Wildman–Crippen LogP) is 8.04. The van der Waals surface area contributed by atoms with E-state index in [2.05, 4.69) is 132 Å².